The van der Waals surface area contributed by atoms with Crippen molar-refractivity contribution in [3.63, 3.8) is 0 Å². The molecule has 238 valence electrons. The minimum atomic E-state index is -1.17. The molecular weight excluding hydrogens is 546 g/mol. The fourth-order valence-electron chi connectivity index (χ4n) is 5.02. The standard InChI is InChI=1S/C29H49N5O8/c1-15(2)17-12-19(24(37)31-16(3)20(35)23(30)36)34(13-17)25(38)21(28(4,5)6)32-27(40)33-22(29(7,8)9)26(39)42-18-10-11-41-14-18/h15-19,21-22H,10-14H2,1-9H3,(H2,30,36)(H,31,37)(H2,32,33,40). The molecule has 5 amide bonds. The zero-order valence-electron chi connectivity index (χ0n) is 26.4. The molecule has 13 nitrogen and oxygen atoms in total. The second-order valence-electron chi connectivity index (χ2n) is 13.8. The van der Waals surface area contributed by atoms with E-state index >= 15 is 0 Å². The molecule has 0 aromatic heterocycles. The summed E-state index contributed by atoms with van der Waals surface area (Å²) in [6.45, 7) is 17.1. The van der Waals surface area contributed by atoms with Crippen LogP contribution in [0.2, 0.25) is 0 Å². The molecule has 0 aliphatic carbocycles. The normalized spacial score (nSPS) is 23.1. The Hall–Kier alpha value is -3.22. The number of hydrogen-bond acceptors (Lipinski definition) is 8. The van der Waals surface area contributed by atoms with Crippen LogP contribution in [0.1, 0.15) is 75.2 Å². The maximum atomic E-state index is 14.0. The molecule has 6 atom stereocenters. The number of ketones is 1. The molecule has 0 spiro atoms. The average molecular weight is 596 g/mol. The van der Waals surface area contributed by atoms with Gasteiger partial charge < -0.3 is 36.1 Å². The number of ether oxygens (including phenoxy) is 2. The highest BCUT2D eigenvalue weighted by atomic mass is 16.6. The molecule has 2 heterocycles. The first-order valence-electron chi connectivity index (χ1n) is 14.5. The van der Waals surface area contributed by atoms with E-state index in [0.29, 0.717) is 26.1 Å². The summed E-state index contributed by atoms with van der Waals surface area (Å²) in [6.07, 6.45) is 0.537. The van der Waals surface area contributed by atoms with E-state index in [1.807, 2.05) is 13.8 Å². The first-order valence-corrected chi connectivity index (χ1v) is 14.5. The number of likely N-dealkylation sites (tertiary alicyclic amines) is 1. The smallest absolute Gasteiger partial charge is 0.329 e. The molecule has 13 heteroatoms. The second-order valence-corrected chi connectivity index (χ2v) is 13.8. The number of nitrogens with one attached hydrogen (secondary N) is 3. The van der Waals surface area contributed by atoms with Crippen LogP contribution in [0.15, 0.2) is 0 Å². The number of nitrogens with zero attached hydrogens (tertiary/aromatic N) is 1. The summed E-state index contributed by atoms with van der Waals surface area (Å²) in [4.78, 5) is 78.3. The van der Waals surface area contributed by atoms with Crippen LogP contribution < -0.4 is 21.7 Å². The second kappa shape index (κ2) is 13.8. The third-order valence-corrected chi connectivity index (χ3v) is 7.79. The van der Waals surface area contributed by atoms with E-state index in [1.54, 1.807) is 41.5 Å². The van der Waals surface area contributed by atoms with Crippen molar-refractivity contribution in [3.05, 3.63) is 0 Å². The van der Waals surface area contributed by atoms with Gasteiger partial charge in [0, 0.05) is 13.0 Å². The van der Waals surface area contributed by atoms with Gasteiger partial charge in [-0.15, -0.1) is 0 Å². The molecule has 2 aliphatic rings. The number of primary amides is 1. The molecule has 0 saturated carbocycles. The Labute approximate surface area is 248 Å². The van der Waals surface area contributed by atoms with Gasteiger partial charge in [0.05, 0.1) is 19.3 Å². The van der Waals surface area contributed by atoms with E-state index < -0.39 is 70.5 Å². The molecule has 0 aromatic rings. The maximum absolute atomic E-state index is 14.0. The summed E-state index contributed by atoms with van der Waals surface area (Å²) in [5.74, 6) is -3.64. The lowest BCUT2D eigenvalue weighted by molar-refractivity contribution is -0.154. The van der Waals surface area contributed by atoms with Crippen molar-refractivity contribution in [2.24, 2.45) is 28.4 Å². The van der Waals surface area contributed by atoms with E-state index in [9.17, 15) is 28.8 Å². The molecule has 42 heavy (non-hydrogen) atoms. The van der Waals surface area contributed by atoms with Crippen molar-refractivity contribution < 1.29 is 38.2 Å². The first-order chi connectivity index (χ1) is 19.2. The third-order valence-electron chi connectivity index (χ3n) is 7.79. The molecule has 2 fully saturated rings. The number of rotatable bonds is 10. The van der Waals surface area contributed by atoms with Gasteiger partial charge in [0.25, 0.3) is 5.91 Å². The van der Waals surface area contributed by atoms with Crippen LogP contribution in [0, 0.1) is 22.7 Å². The number of nitrogens with two attached hydrogens (primary N) is 1. The first kappa shape index (κ1) is 35.0. The topological polar surface area (TPSA) is 186 Å². The van der Waals surface area contributed by atoms with Crippen molar-refractivity contribution >= 4 is 35.5 Å². The molecular formula is C29H49N5O8. The maximum Gasteiger partial charge on any atom is 0.329 e. The van der Waals surface area contributed by atoms with Crippen LogP contribution in [-0.4, -0.2) is 90.4 Å². The molecule has 0 bridgehead atoms. The van der Waals surface area contributed by atoms with E-state index in [4.69, 9.17) is 15.2 Å². The Morgan fingerprint density at radius 2 is 1.48 bits per heavy atom. The minimum Gasteiger partial charge on any atom is -0.458 e. The Balaban J connectivity index is 2.26. The largest absolute Gasteiger partial charge is 0.458 e. The van der Waals surface area contributed by atoms with Crippen molar-refractivity contribution in [2.75, 3.05) is 19.8 Å². The van der Waals surface area contributed by atoms with Crippen LogP contribution in [0.4, 0.5) is 4.79 Å². The van der Waals surface area contributed by atoms with E-state index in [-0.39, 0.29) is 24.5 Å². The van der Waals surface area contributed by atoms with E-state index in [1.165, 1.54) is 11.8 Å². The Morgan fingerprint density at radius 1 is 0.905 bits per heavy atom. The van der Waals surface area contributed by atoms with E-state index in [0.717, 1.165) is 0 Å². The molecule has 6 unspecified atom stereocenters. The third kappa shape index (κ3) is 9.14. The molecule has 0 radical (unpaired) electrons. The van der Waals surface area contributed by atoms with Crippen LogP contribution in [0.25, 0.3) is 0 Å². The molecule has 2 rings (SSSR count). The highest BCUT2D eigenvalue weighted by molar-refractivity contribution is 6.37. The van der Waals surface area contributed by atoms with Crippen molar-refractivity contribution in [1.29, 1.82) is 0 Å². The molecule has 0 aromatic carbocycles. The number of urea groups is 1. The van der Waals surface area contributed by atoms with Crippen LogP contribution >= 0.6 is 0 Å². The molecule has 2 aliphatic heterocycles. The number of Topliss-reactive ketones (excluding diaryl/α,β-unsaturated/α-hetero) is 1. The van der Waals surface area contributed by atoms with Crippen molar-refractivity contribution in [3.8, 4) is 0 Å². The number of amides is 5. The predicted octanol–water partition coefficient (Wildman–Crippen LogP) is 0.879. The lowest BCUT2D eigenvalue weighted by Crippen LogP contribution is -2.61. The van der Waals surface area contributed by atoms with Crippen molar-refractivity contribution in [1.82, 2.24) is 20.9 Å². The van der Waals surface area contributed by atoms with Crippen LogP contribution in [0.5, 0.6) is 0 Å². The fourth-order valence-corrected chi connectivity index (χ4v) is 5.02. The quantitative estimate of drug-likeness (QED) is 0.212. The predicted molar refractivity (Wildman–Crippen MR) is 154 cm³/mol. The lowest BCUT2D eigenvalue weighted by Gasteiger charge is -2.36. The Kier molecular flexibility index (Phi) is 11.5. The van der Waals surface area contributed by atoms with Crippen LogP contribution in [-0.2, 0) is 33.4 Å². The summed E-state index contributed by atoms with van der Waals surface area (Å²) in [6, 6.07) is -4.88. The van der Waals surface area contributed by atoms with Crippen molar-refractivity contribution in [2.45, 2.75) is 105 Å². The van der Waals surface area contributed by atoms with Crippen LogP contribution in [0.3, 0.4) is 0 Å². The van der Waals surface area contributed by atoms with Gasteiger partial charge in [-0.1, -0.05) is 55.4 Å². The van der Waals surface area contributed by atoms with Gasteiger partial charge in [-0.25, -0.2) is 9.59 Å². The fraction of sp³-hybridized carbons (Fsp3) is 0.793. The molecule has 2 saturated heterocycles. The highest BCUT2D eigenvalue weighted by Gasteiger charge is 2.46. The summed E-state index contributed by atoms with van der Waals surface area (Å²) in [7, 11) is 0. The zero-order valence-corrected chi connectivity index (χ0v) is 26.4. The summed E-state index contributed by atoms with van der Waals surface area (Å²) >= 11 is 0. The Morgan fingerprint density at radius 3 is 1.95 bits per heavy atom. The highest BCUT2D eigenvalue weighted by Crippen LogP contribution is 2.32. The summed E-state index contributed by atoms with van der Waals surface area (Å²) < 4.78 is 10.8. The lowest BCUT2D eigenvalue weighted by atomic mass is 9.85. The number of hydrogen-bond donors (Lipinski definition) is 4. The van der Waals surface area contributed by atoms with Gasteiger partial charge in [0.1, 0.15) is 24.2 Å². The van der Waals surface area contributed by atoms with Gasteiger partial charge in [-0.05, 0) is 36.0 Å². The number of carbonyl (C=O) groups excluding carboxylic acids is 6. The summed E-state index contributed by atoms with van der Waals surface area (Å²) in [5, 5.41) is 7.94. The minimum absolute atomic E-state index is 0.0131. The van der Waals surface area contributed by atoms with E-state index in [2.05, 4.69) is 16.0 Å². The summed E-state index contributed by atoms with van der Waals surface area (Å²) in [5.41, 5.74) is 3.60. The SMILES string of the molecule is CC(NC(=O)C1CC(C(C)C)CN1C(=O)C(NC(=O)NC(C(=O)OC1CCOC1)C(C)(C)C)C(C)(C)C)C(=O)C(N)=O. The van der Waals surface area contributed by atoms with Gasteiger partial charge in [0.2, 0.25) is 17.6 Å². The monoisotopic (exact) mass is 595 g/mol. The average Bonchev–Trinajstić information content (AvgIpc) is 3.53. The van der Waals surface area contributed by atoms with Gasteiger partial charge >= 0.3 is 12.0 Å². The van der Waals surface area contributed by atoms with Gasteiger partial charge in [0.15, 0.2) is 0 Å². The van der Waals surface area contributed by atoms with Gasteiger partial charge in [-0.3, -0.25) is 19.2 Å². The number of esters is 1. The zero-order chi connectivity index (χ0) is 32.2. The molecule has 5 N–H and O–H groups in total. The number of carbonyl (C=O) groups is 6. The van der Waals surface area contributed by atoms with Gasteiger partial charge in [-0.2, -0.15) is 0 Å². The Bertz CT molecular complexity index is 1040.